The van der Waals surface area contributed by atoms with Crippen LogP contribution in [0.2, 0.25) is 0 Å². The number of nitrogens with one attached hydrogen (secondary N) is 1. The Balaban J connectivity index is 0.00000289. The highest BCUT2D eigenvalue weighted by Gasteiger charge is 2.03. The summed E-state index contributed by atoms with van der Waals surface area (Å²) in [7, 11) is 0. The van der Waals surface area contributed by atoms with Crippen LogP contribution in [0.3, 0.4) is 0 Å². The molecule has 0 saturated heterocycles. The minimum atomic E-state index is -0.131. The third kappa shape index (κ3) is 5.22. The Morgan fingerprint density at radius 1 is 1.39 bits per heavy atom. The first-order valence-electron chi connectivity index (χ1n) is 5.85. The van der Waals surface area contributed by atoms with Gasteiger partial charge in [-0.1, -0.05) is 13.0 Å². The van der Waals surface area contributed by atoms with Gasteiger partial charge in [-0.15, -0.1) is 24.0 Å². The average molecular weight is 363 g/mol. The normalized spacial score (nSPS) is 12.8. The summed E-state index contributed by atoms with van der Waals surface area (Å²) in [5, 5.41) is 12.1. The number of hydrogen-bond donors (Lipinski definition) is 3. The summed E-state index contributed by atoms with van der Waals surface area (Å²) < 4.78 is 0. The number of hydrogen-bond acceptors (Lipinski definition) is 2. The van der Waals surface area contributed by atoms with Crippen molar-refractivity contribution in [3.63, 3.8) is 0 Å². The van der Waals surface area contributed by atoms with Crippen molar-refractivity contribution in [2.24, 2.45) is 10.7 Å². The molecule has 0 unspecified atom stereocenters. The van der Waals surface area contributed by atoms with Crippen LogP contribution in [0.1, 0.15) is 24.5 Å². The SMILES string of the molecule is CC[C@H](CO)N=C(N)Nc1ccc(C)c(C)c1.I. The predicted octanol–water partition coefficient (Wildman–Crippen LogP) is 2.42. The topological polar surface area (TPSA) is 70.6 Å². The van der Waals surface area contributed by atoms with Crippen LogP contribution in [-0.2, 0) is 0 Å². The fraction of sp³-hybridized carbons (Fsp3) is 0.462. The van der Waals surface area contributed by atoms with Crippen molar-refractivity contribution in [3.05, 3.63) is 29.3 Å². The summed E-state index contributed by atoms with van der Waals surface area (Å²) in [6.07, 6.45) is 0.770. The number of benzene rings is 1. The van der Waals surface area contributed by atoms with Gasteiger partial charge in [0.15, 0.2) is 5.96 Å². The van der Waals surface area contributed by atoms with E-state index in [-0.39, 0.29) is 36.6 Å². The zero-order valence-corrected chi connectivity index (χ0v) is 13.4. The standard InChI is InChI=1S/C13H21N3O.HI/c1-4-11(8-17)15-13(14)16-12-6-5-9(2)10(3)7-12;/h5-7,11,17H,4,8H2,1-3H3,(H3,14,15,16);1H/t11-;/m1./s1. The summed E-state index contributed by atoms with van der Waals surface area (Å²) in [5.74, 6) is 0.342. The number of aryl methyl sites for hydroxylation is 2. The van der Waals surface area contributed by atoms with E-state index < -0.39 is 0 Å². The smallest absolute Gasteiger partial charge is 0.193 e. The molecule has 18 heavy (non-hydrogen) atoms. The largest absolute Gasteiger partial charge is 0.394 e. The van der Waals surface area contributed by atoms with Crippen LogP contribution in [-0.4, -0.2) is 23.7 Å². The summed E-state index contributed by atoms with van der Waals surface area (Å²) in [6.45, 7) is 6.10. The number of nitrogens with zero attached hydrogens (tertiary/aromatic N) is 1. The number of aliphatic imine (C=N–C) groups is 1. The summed E-state index contributed by atoms with van der Waals surface area (Å²) >= 11 is 0. The van der Waals surface area contributed by atoms with Crippen molar-refractivity contribution in [3.8, 4) is 0 Å². The second kappa shape index (κ2) is 8.31. The fourth-order valence-corrected chi connectivity index (χ4v) is 1.46. The van der Waals surface area contributed by atoms with Gasteiger partial charge in [-0.3, -0.25) is 0 Å². The molecule has 0 bridgehead atoms. The van der Waals surface area contributed by atoms with Crippen molar-refractivity contribution < 1.29 is 5.11 Å². The average Bonchev–Trinajstić information content (AvgIpc) is 2.31. The molecule has 1 atom stereocenters. The first-order chi connectivity index (χ1) is 8.06. The molecule has 1 aromatic rings. The van der Waals surface area contributed by atoms with Crippen LogP contribution < -0.4 is 11.1 Å². The third-order valence-corrected chi connectivity index (χ3v) is 2.78. The van der Waals surface area contributed by atoms with Gasteiger partial charge in [0.2, 0.25) is 0 Å². The number of rotatable bonds is 4. The molecule has 1 rings (SSSR count). The first-order valence-corrected chi connectivity index (χ1v) is 5.85. The lowest BCUT2D eigenvalue weighted by atomic mass is 10.1. The zero-order valence-electron chi connectivity index (χ0n) is 11.1. The summed E-state index contributed by atoms with van der Waals surface area (Å²) in [4.78, 5) is 4.19. The highest BCUT2D eigenvalue weighted by Crippen LogP contribution is 2.13. The van der Waals surface area contributed by atoms with Crippen LogP contribution in [0.5, 0.6) is 0 Å². The van der Waals surface area contributed by atoms with E-state index in [1.807, 2.05) is 25.1 Å². The molecule has 5 heteroatoms. The van der Waals surface area contributed by atoms with Gasteiger partial charge in [-0.2, -0.15) is 0 Å². The highest BCUT2D eigenvalue weighted by molar-refractivity contribution is 14.0. The molecular formula is C13H22IN3O. The van der Waals surface area contributed by atoms with E-state index in [9.17, 15) is 0 Å². The number of anilines is 1. The number of nitrogens with two attached hydrogens (primary N) is 1. The summed E-state index contributed by atoms with van der Waals surface area (Å²) in [6, 6.07) is 5.89. The van der Waals surface area contributed by atoms with Gasteiger partial charge in [0, 0.05) is 5.69 Å². The Morgan fingerprint density at radius 3 is 2.56 bits per heavy atom. The Kier molecular flexibility index (Phi) is 7.93. The zero-order chi connectivity index (χ0) is 12.8. The van der Waals surface area contributed by atoms with E-state index in [4.69, 9.17) is 10.8 Å². The van der Waals surface area contributed by atoms with Gasteiger partial charge >= 0.3 is 0 Å². The highest BCUT2D eigenvalue weighted by atomic mass is 127. The molecule has 0 aliphatic carbocycles. The molecule has 0 fully saturated rings. The van der Waals surface area contributed by atoms with Gasteiger partial charge < -0.3 is 16.2 Å². The first kappa shape index (κ1) is 17.2. The Bertz CT molecular complexity index is 403. The monoisotopic (exact) mass is 363 g/mol. The van der Waals surface area contributed by atoms with Gasteiger partial charge in [0.05, 0.1) is 12.6 Å². The molecule has 0 aliphatic rings. The van der Waals surface area contributed by atoms with Crippen LogP contribution in [0.25, 0.3) is 0 Å². The maximum Gasteiger partial charge on any atom is 0.193 e. The van der Waals surface area contributed by atoms with E-state index in [2.05, 4.69) is 24.2 Å². The van der Waals surface area contributed by atoms with Crippen LogP contribution in [0.15, 0.2) is 23.2 Å². The molecule has 102 valence electrons. The van der Waals surface area contributed by atoms with E-state index in [1.165, 1.54) is 11.1 Å². The van der Waals surface area contributed by atoms with E-state index in [0.29, 0.717) is 5.96 Å². The van der Waals surface area contributed by atoms with Crippen molar-refractivity contribution in [1.82, 2.24) is 0 Å². The molecule has 1 aromatic carbocycles. The molecular weight excluding hydrogens is 341 g/mol. The molecule has 0 amide bonds. The van der Waals surface area contributed by atoms with Crippen molar-refractivity contribution in [2.45, 2.75) is 33.2 Å². The Labute approximate surface area is 126 Å². The van der Waals surface area contributed by atoms with Gasteiger partial charge in [-0.05, 0) is 43.5 Å². The molecule has 0 heterocycles. The summed E-state index contributed by atoms with van der Waals surface area (Å²) in [5.41, 5.74) is 9.14. The molecule has 0 spiro atoms. The molecule has 0 aromatic heterocycles. The Morgan fingerprint density at radius 2 is 2.06 bits per heavy atom. The lowest BCUT2D eigenvalue weighted by Gasteiger charge is -2.11. The molecule has 0 radical (unpaired) electrons. The van der Waals surface area contributed by atoms with Crippen LogP contribution >= 0.6 is 24.0 Å². The molecule has 4 N–H and O–H groups in total. The van der Waals surface area contributed by atoms with Gasteiger partial charge in [0.25, 0.3) is 0 Å². The van der Waals surface area contributed by atoms with E-state index in [1.54, 1.807) is 0 Å². The lowest BCUT2D eigenvalue weighted by molar-refractivity contribution is 0.264. The number of guanidine groups is 1. The quantitative estimate of drug-likeness (QED) is 0.437. The number of aliphatic hydroxyl groups excluding tert-OH is 1. The maximum atomic E-state index is 9.03. The van der Waals surface area contributed by atoms with Crippen LogP contribution in [0, 0.1) is 13.8 Å². The third-order valence-electron chi connectivity index (χ3n) is 2.78. The lowest BCUT2D eigenvalue weighted by Crippen LogP contribution is -2.26. The van der Waals surface area contributed by atoms with E-state index in [0.717, 1.165) is 12.1 Å². The molecule has 0 saturated carbocycles. The van der Waals surface area contributed by atoms with Crippen molar-refractivity contribution in [1.29, 1.82) is 0 Å². The molecule has 0 aliphatic heterocycles. The number of halogens is 1. The molecule has 4 nitrogen and oxygen atoms in total. The van der Waals surface area contributed by atoms with Gasteiger partial charge in [0.1, 0.15) is 0 Å². The van der Waals surface area contributed by atoms with E-state index >= 15 is 0 Å². The van der Waals surface area contributed by atoms with Crippen LogP contribution in [0.4, 0.5) is 5.69 Å². The fourth-order valence-electron chi connectivity index (χ4n) is 1.46. The predicted molar refractivity (Wildman–Crippen MR) is 87.7 cm³/mol. The number of aliphatic hydroxyl groups is 1. The second-order valence-electron chi connectivity index (χ2n) is 4.18. The minimum Gasteiger partial charge on any atom is -0.394 e. The Hall–Kier alpha value is -0.820. The second-order valence-corrected chi connectivity index (χ2v) is 4.18. The maximum absolute atomic E-state index is 9.03. The van der Waals surface area contributed by atoms with Crippen molar-refractivity contribution in [2.75, 3.05) is 11.9 Å². The van der Waals surface area contributed by atoms with Crippen molar-refractivity contribution >= 4 is 35.6 Å². The minimum absolute atomic E-state index is 0. The van der Waals surface area contributed by atoms with Gasteiger partial charge in [-0.25, -0.2) is 4.99 Å².